The molecule has 36 heavy (non-hydrogen) atoms. The topological polar surface area (TPSA) is 68.2 Å². The fourth-order valence-electron chi connectivity index (χ4n) is 5.56. The van der Waals surface area contributed by atoms with Crippen molar-refractivity contribution in [1.82, 2.24) is 14.9 Å². The van der Waals surface area contributed by atoms with Crippen LogP contribution in [0.4, 0.5) is 24.8 Å². The quantitative estimate of drug-likeness (QED) is 0.384. The van der Waals surface area contributed by atoms with Crippen molar-refractivity contribution in [2.75, 3.05) is 5.32 Å². The molecule has 2 atom stereocenters. The highest BCUT2D eigenvalue weighted by Crippen LogP contribution is 2.46. The maximum absolute atomic E-state index is 12.6. The average Bonchev–Trinajstić information content (AvgIpc) is 3.50. The number of carbonyl (C=O) groups is 1. The van der Waals surface area contributed by atoms with Crippen LogP contribution in [-0.4, -0.2) is 27.9 Å². The highest BCUT2D eigenvalue weighted by molar-refractivity contribution is 5.98. The first-order valence-corrected chi connectivity index (χ1v) is 12.4. The van der Waals surface area contributed by atoms with E-state index in [0.717, 1.165) is 37.6 Å². The predicted molar refractivity (Wildman–Crippen MR) is 132 cm³/mol. The summed E-state index contributed by atoms with van der Waals surface area (Å²) in [5.74, 6) is 0.752. The van der Waals surface area contributed by atoms with Gasteiger partial charge >= 0.3 is 6.36 Å². The van der Waals surface area contributed by atoms with E-state index in [4.69, 9.17) is 4.98 Å². The van der Waals surface area contributed by atoms with Gasteiger partial charge in [-0.3, -0.25) is 4.79 Å². The predicted octanol–water partition coefficient (Wildman–Crippen LogP) is 6.96. The van der Waals surface area contributed by atoms with Crippen LogP contribution in [0.5, 0.6) is 5.75 Å². The Morgan fingerprint density at radius 1 is 1.11 bits per heavy atom. The normalized spacial score (nSPS) is 21.8. The van der Waals surface area contributed by atoms with Crippen LogP contribution in [0.15, 0.2) is 42.5 Å². The largest absolute Gasteiger partial charge is 0.573 e. The number of imidazole rings is 1. The minimum absolute atomic E-state index is 0.101. The fourth-order valence-corrected chi connectivity index (χ4v) is 5.56. The molecule has 2 aliphatic carbocycles. The zero-order valence-corrected chi connectivity index (χ0v) is 20.7. The van der Waals surface area contributed by atoms with Gasteiger partial charge < -0.3 is 19.9 Å². The molecule has 1 heterocycles. The number of hydrogen-bond acceptors (Lipinski definition) is 4. The van der Waals surface area contributed by atoms with Crippen molar-refractivity contribution in [3.63, 3.8) is 0 Å². The third-order valence-electron chi connectivity index (χ3n) is 6.94. The van der Waals surface area contributed by atoms with Crippen LogP contribution in [0, 0.1) is 11.3 Å². The van der Waals surface area contributed by atoms with Crippen LogP contribution in [-0.2, 0) is 0 Å². The Bertz CT molecular complexity index is 1260. The molecule has 5 rings (SSSR count). The van der Waals surface area contributed by atoms with Gasteiger partial charge in [0.2, 0.25) is 5.95 Å². The van der Waals surface area contributed by atoms with Gasteiger partial charge in [-0.05, 0) is 85.9 Å². The molecule has 2 aliphatic rings. The molecule has 6 nitrogen and oxygen atoms in total. The molecule has 0 spiro atoms. The molecule has 0 bridgehead atoms. The summed E-state index contributed by atoms with van der Waals surface area (Å²) in [5, 5.41) is 6.31. The summed E-state index contributed by atoms with van der Waals surface area (Å²) in [6.07, 6.45) is 0.395. The van der Waals surface area contributed by atoms with Crippen molar-refractivity contribution >= 4 is 28.6 Å². The van der Waals surface area contributed by atoms with Gasteiger partial charge in [-0.15, -0.1) is 13.2 Å². The first-order valence-electron chi connectivity index (χ1n) is 12.4. The van der Waals surface area contributed by atoms with Crippen LogP contribution >= 0.6 is 0 Å². The van der Waals surface area contributed by atoms with Crippen LogP contribution < -0.4 is 15.4 Å². The van der Waals surface area contributed by atoms with Crippen LogP contribution in [0.25, 0.3) is 11.0 Å². The van der Waals surface area contributed by atoms with E-state index in [2.05, 4.69) is 40.7 Å². The number of hydrogen-bond donors (Lipinski definition) is 2. The molecule has 192 valence electrons. The van der Waals surface area contributed by atoms with Crippen molar-refractivity contribution < 1.29 is 22.7 Å². The van der Waals surface area contributed by atoms with E-state index in [1.807, 2.05) is 18.2 Å². The maximum atomic E-state index is 12.6. The lowest BCUT2D eigenvalue weighted by atomic mass is 9.70. The smallest absolute Gasteiger partial charge is 0.406 e. The van der Waals surface area contributed by atoms with E-state index < -0.39 is 6.36 Å². The number of aromatic nitrogens is 2. The molecule has 2 fully saturated rings. The number of amides is 1. The maximum Gasteiger partial charge on any atom is 0.573 e. The standard InChI is InChI=1S/C27H31F3N4O2/c1-16-12-20(15-26(2,3)14-16)34-23-11-4-17(24(35)31-18-5-6-18)13-22(23)33-25(34)32-19-7-9-21(10-8-19)36-27(28,29)30/h4,7-11,13,16,18,20H,5-6,12,14-15H2,1-3H3,(H,31,35)(H,32,33)/t16-,20?/m0/s1. The SMILES string of the molecule is C[C@H]1CC(n2c(Nc3ccc(OC(F)(F)F)cc3)nc3cc(C(=O)NC4CC4)ccc32)CC(C)(C)C1. The minimum Gasteiger partial charge on any atom is -0.406 e. The van der Waals surface area contributed by atoms with Crippen molar-refractivity contribution in [2.45, 2.75) is 71.3 Å². The Kier molecular flexibility index (Phi) is 6.12. The van der Waals surface area contributed by atoms with Crippen LogP contribution in [0.2, 0.25) is 0 Å². The number of halogens is 3. The van der Waals surface area contributed by atoms with Crippen molar-refractivity contribution in [3.05, 3.63) is 48.0 Å². The number of benzene rings is 2. The number of rotatable bonds is 6. The van der Waals surface area contributed by atoms with Gasteiger partial charge in [0.05, 0.1) is 11.0 Å². The van der Waals surface area contributed by atoms with Crippen LogP contribution in [0.1, 0.15) is 69.3 Å². The molecule has 3 aromatic rings. The van der Waals surface area contributed by atoms with Gasteiger partial charge in [0.25, 0.3) is 5.91 Å². The Balaban J connectivity index is 1.50. The number of anilines is 2. The number of carbonyl (C=O) groups excluding carboxylic acids is 1. The summed E-state index contributed by atoms with van der Waals surface area (Å²) < 4.78 is 43.8. The lowest BCUT2D eigenvalue weighted by molar-refractivity contribution is -0.274. The van der Waals surface area contributed by atoms with E-state index in [1.165, 1.54) is 24.3 Å². The average molecular weight is 501 g/mol. The number of ether oxygens (including phenoxy) is 1. The summed E-state index contributed by atoms with van der Waals surface area (Å²) in [6.45, 7) is 6.82. The number of nitrogens with one attached hydrogen (secondary N) is 2. The Morgan fingerprint density at radius 3 is 2.47 bits per heavy atom. The molecule has 9 heteroatoms. The number of alkyl halides is 3. The van der Waals surface area contributed by atoms with E-state index >= 15 is 0 Å². The van der Waals surface area contributed by atoms with E-state index in [-0.39, 0.29) is 29.2 Å². The zero-order valence-electron chi connectivity index (χ0n) is 20.7. The number of nitrogens with zero attached hydrogens (tertiary/aromatic N) is 2. The molecule has 2 saturated carbocycles. The molecular weight excluding hydrogens is 469 g/mol. The molecule has 0 aliphatic heterocycles. The minimum atomic E-state index is -4.74. The van der Waals surface area contributed by atoms with E-state index in [1.54, 1.807) is 0 Å². The second-order valence-corrected chi connectivity index (χ2v) is 11.0. The highest BCUT2D eigenvalue weighted by Gasteiger charge is 2.35. The lowest BCUT2D eigenvalue weighted by Gasteiger charge is -2.40. The third-order valence-corrected chi connectivity index (χ3v) is 6.94. The first kappa shape index (κ1) is 24.5. The van der Waals surface area contributed by atoms with E-state index in [0.29, 0.717) is 28.6 Å². The molecule has 1 amide bonds. The first-order chi connectivity index (χ1) is 17.0. The summed E-state index contributed by atoms with van der Waals surface area (Å²) in [4.78, 5) is 17.5. The zero-order chi connectivity index (χ0) is 25.7. The summed E-state index contributed by atoms with van der Waals surface area (Å²) in [7, 11) is 0. The monoisotopic (exact) mass is 500 g/mol. The lowest BCUT2D eigenvalue weighted by Crippen LogP contribution is -2.29. The summed E-state index contributed by atoms with van der Waals surface area (Å²) >= 11 is 0. The van der Waals surface area contributed by atoms with Gasteiger partial charge in [0.1, 0.15) is 5.75 Å². The molecule has 1 unspecified atom stereocenters. The molecule has 2 aromatic carbocycles. The third kappa shape index (κ3) is 5.60. The summed E-state index contributed by atoms with van der Waals surface area (Å²) in [5.41, 5.74) is 2.95. The van der Waals surface area contributed by atoms with E-state index in [9.17, 15) is 18.0 Å². The Labute approximate surface area is 208 Å². The van der Waals surface area contributed by atoms with Gasteiger partial charge in [0, 0.05) is 23.3 Å². The van der Waals surface area contributed by atoms with Crippen molar-refractivity contribution in [2.24, 2.45) is 11.3 Å². The second-order valence-electron chi connectivity index (χ2n) is 11.0. The Morgan fingerprint density at radius 2 is 1.83 bits per heavy atom. The highest BCUT2D eigenvalue weighted by atomic mass is 19.4. The summed E-state index contributed by atoms with van der Waals surface area (Å²) in [6, 6.07) is 11.7. The molecule has 0 saturated heterocycles. The van der Waals surface area contributed by atoms with Gasteiger partial charge in [-0.1, -0.05) is 20.8 Å². The molecular formula is C27H31F3N4O2. The van der Waals surface area contributed by atoms with Gasteiger partial charge in [-0.2, -0.15) is 0 Å². The Hall–Kier alpha value is -3.23. The van der Waals surface area contributed by atoms with Crippen molar-refractivity contribution in [1.29, 1.82) is 0 Å². The molecule has 1 aromatic heterocycles. The number of fused-ring (bicyclic) bond motifs is 1. The van der Waals surface area contributed by atoms with Gasteiger partial charge in [0.15, 0.2) is 0 Å². The fraction of sp³-hybridized carbons (Fsp3) is 0.481. The van der Waals surface area contributed by atoms with Crippen molar-refractivity contribution in [3.8, 4) is 5.75 Å². The van der Waals surface area contributed by atoms with Gasteiger partial charge in [-0.25, -0.2) is 4.98 Å². The second kappa shape index (κ2) is 9.01. The van der Waals surface area contributed by atoms with Crippen LogP contribution in [0.3, 0.4) is 0 Å². The molecule has 2 N–H and O–H groups in total. The molecule has 0 radical (unpaired) electrons.